The van der Waals surface area contributed by atoms with Crippen LogP contribution in [0.4, 0.5) is 0 Å². The standard InChI is InChI=1S/C23H30O4/c1-15-19(24)11-12-21-23(15)20(25)13-22(27-21)17-7-9-18(10-8-17)26-14-16-5-3-2-4-6-16/h5,9,13,15,17,19,24H,2-4,6-8,10-12,14H2,1H3. The maximum Gasteiger partial charge on any atom is 0.188 e. The van der Waals surface area contributed by atoms with Gasteiger partial charge in [0, 0.05) is 36.3 Å². The average Bonchev–Trinajstić information content (AvgIpc) is 2.70. The van der Waals surface area contributed by atoms with Crippen LogP contribution in [0.15, 0.2) is 38.8 Å². The Morgan fingerprint density at radius 2 is 2.07 bits per heavy atom. The van der Waals surface area contributed by atoms with Crippen LogP contribution in [0.3, 0.4) is 0 Å². The lowest BCUT2D eigenvalue weighted by Gasteiger charge is -2.27. The SMILES string of the molecule is CC1c2c(oc(C3CC=C(OCC4=CCCCC4)CC3)cc2=O)CCC1O. The fourth-order valence-electron chi connectivity index (χ4n) is 4.58. The van der Waals surface area contributed by atoms with Gasteiger partial charge >= 0.3 is 0 Å². The van der Waals surface area contributed by atoms with Crippen molar-refractivity contribution in [2.75, 3.05) is 6.61 Å². The van der Waals surface area contributed by atoms with Crippen LogP contribution in [-0.4, -0.2) is 17.8 Å². The van der Waals surface area contributed by atoms with Crippen LogP contribution in [0.25, 0.3) is 0 Å². The maximum absolute atomic E-state index is 12.6. The van der Waals surface area contributed by atoms with E-state index in [4.69, 9.17) is 9.15 Å². The fraction of sp³-hybridized carbons (Fsp3) is 0.609. The summed E-state index contributed by atoms with van der Waals surface area (Å²) in [6.07, 6.45) is 13.0. The van der Waals surface area contributed by atoms with Crippen molar-refractivity contribution in [3.8, 4) is 0 Å². The van der Waals surface area contributed by atoms with Gasteiger partial charge in [-0.15, -0.1) is 0 Å². The fourth-order valence-corrected chi connectivity index (χ4v) is 4.58. The van der Waals surface area contributed by atoms with Crippen LogP contribution in [0.5, 0.6) is 0 Å². The number of aliphatic hydroxyl groups excluding tert-OH is 1. The summed E-state index contributed by atoms with van der Waals surface area (Å²) in [6, 6.07) is 1.66. The molecule has 0 amide bonds. The molecular weight excluding hydrogens is 340 g/mol. The lowest BCUT2D eigenvalue weighted by atomic mass is 9.84. The zero-order chi connectivity index (χ0) is 18.8. The van der Waals surface area contributed by atoms with Crippen LogP contribution in [-0.2, 0) is 11.2 Å². The number of allylic oxidation sites excluding steroid dienone is 3. The van der Waals surface area contributed by atoms with Crippen molar-refractivity contribution in [3.63, 3.8) is 0 Å². The topological polar surface area (TPSA) is 59.7 Å². The molecule has 4 heteroatoms. The molecule has 0 aliphatic heterocycles. The minimum atomic E-state index is -0.442. The predicted octanol–water partition coefficient (Wildman–Crippen LogP) is 4.72. The third-order valence-corrected chi connectivity index (χ3v) is 6.38. The minimum Gasteiger partial charge on any atom is -0.494 e. The van der Waals surface area contributed by atoms with Gasteiger partial charge in [-0.25, -0.2) is 0 Å². The zero-order valence-electron chi connectivity index (χ0n) is 16.2. The van der Waals surface area contributed by atoms with Crippen molar-refractivity contribution in [2.24, 2.45) is 0 Å². The number of fused-ring (bicyclic) bond motifs is 1. The van der Waals surface area contributed by atoms with Crippen molar-refractivity contribution in [1.82, 2.24) is 0 Å². The highest BCUT2D eigenvalue weighted by Crippen LogP contribution is 2.36. The molecule has 0 radical (unpaired) electrons. The number of hydrogen-bond acceptors (Lipinski definition) is 4. The molecule has 27 heavy (non-hydrogen) atoms. The monoisotopic (exact) mass is 370 g/mol. The molecule has 0 saturated heterocycles. The molecule has 4 rings (SSSR count). The average molecular weight is 370 g/mol. The first kappa shape index (κ1) is 18.5. The summed E-state index contributed by atoms with van der Waals surface area (Å²) in [5.74, 6) is 2.76. The van der Waals surface area contributed by atoms with Gasteiger partial charge in [0.05, 0.1) is 11.9 Å². The first-order valence-electron chi connectivity index (χ1n) is 10.5. The van der Waals surface area contributed by atoms with Crippen molar-refractivity contribution < 1.29 is 14.3 Å². The molecule has 146 valence electrons. The van der Waals surface area contributed by atoms with Gasteiger partial charge in [-0.3, -0.25) is 4.79 Å². The molecule has 3 aliphatic rings. The number of hydrogen-bond donors (Lipinski definition) is 1. The molecule has 3 atom stereocenters. The molecule has 0 saturated carbocycles. The van der Waals surface area contributed by atoms with Gasteiger partial charge in [0.1, 0.15) is 18.1 Å². The van der Waals surface area contributed by atoms with Gasteiger partial charge in [-0.05, 0) is 56.6 Å². The molecule has 1 aromatic rings. The van der Waals surface area contributed by atoms with E-state index in [1.54, 1.807) is 6.07 Å². The van der Waals surface area contributed by atoms with Gasteiger partial charge in [-0.1, -0.05) is 13.0 Å². The molecule has 1 N–H and O–H groups in total. The summed E-state index contributed by atoms with van der Waals surface area (Å²) >= 11 is 0. The Balaban J connectivity index is 1.42. The van der Waals surface area contributed by atoms with Gasteiger partial charge in [0.2, 0.25) is 0 Å². The number of aryl methyl sites for hydroxylation is 1. The largest absolute Gasteiger partial charge is 0.494 e. The Hall–Kier alpha value is -1.81. The summed E-state index contributed by atoms with van der Waals surface area (Å²) in [7, 11) is 0. The predicted molar refractivity (Wildman–Crippen MR) is 105 cm³/mol. The summed E-state index contributed by atoms with van der Waals surface area (Å²) in [4.78, 5) is 12.6. The first-order valence-corrected chi connectivity index (χ1v) is 10.5. The van der Waals surface area contributed by atoms with E-state index in [-0.39, 0.29) is 17.3 Å². The first-order chi connectivity index (χ1) is 13.1. The second kappa shape index (κ2) is 8.05. The molecule has 1 heterocycles. The van der Waals surface area contributed by atoms with Crippen LogP contribution in [0, 0.1) is 0 Å². The van der Waals surface area contributed by atoms with Gasteiger partial charge < -0.3 is 14.3 Å². The van der Waals surface area contributed by atoms with Crippen LogP contribution < -0.4 is 5.43 Å². The zero-order valence-corrected chi connectivity index (χ0v) is 16.2. The Kier molecular flexibility index (Phi) is 5.53. The van der Waals surface area contributed by atoms with Crippen molar-refractivity contribution in [1.29, 1.82) is 0 Å². The van der Waals surface area contributed by atoms with Crippen LogP contribution in [0.1, 0.15) is 87.2 Å². The molecule has 0 bridgehead atoms. The lowest BCUT2D eigenvalue weighted by molar-refractivity contribution is 0.125. The molecule has 4 nitrogen and oxygen atoms in total. The molecule has 0 fully saturated rings. The normalized spacial score (nSPS) is 28.1. The van der Waals surface area contributed by atoms with Crippen molar-refractivity contribution in [2.45, 2.75) is 82.7 Å². The van der Waals surface area contributed by atoms with Gasteiger partial charge in [-0.2, -0.15) is 0 Å². The summed E-state index contributed by atoms with van der Waals surface area (Å²) < 4.78 is 12.2. The van der Waals surface area contributed by atoms with Crippen molar-refractivity contribution >= 4 is 0 Å². The minimum absolute atomic E-state index is 0.0211. The Labute approximate surface area is 160 Å². The van der Waals surface area contributed by atoms with Crippen LogP contribution >= 0.6 is 0 Å². The molecule has 3 unspecified atom stereocenters. The van der Waals surface area contributed by atoms with E-state index in [9.17, 15) is 9.90 Å². The third kappa shape index (κ3) is 4.06. The second-order valence-electron chi connectivity index (χ2n) is 8.28. The second-order valence-corrected chi connectivity index (χ2v) is 8.28. The molecule has 3 aliphatic carbocycles. The Morgan fingerprint density at radius 3 is 2.81 bits per heavy atom. The van der Waals surface area contributed by atoms with E-state index in [1.807, 2.05) is 6.92 Å². The highest BCUT2D eigenvalue weighted by Gasteiger charge is 2.30. The van der Waals surface area contributed by atoms with Crippen molar-refractivity contribution in [3.05, 3.63) is 56.9 Å². The summed E-state index contributed by atoms with van der Waals surface area (Å²) in [5, 5.41) is 10.0. The quantitative estimate of drug-likeness (QED) is 0.779. The molecule has 0 aromatic carbocycles. The Morgan fingerprint density at radius 1 is 1.19 bits per heavy atom. The van der Waals surface area contributed by atoms with E-state index < -0.39 is 6.10 Å². The van der Waals surface area contributed by atoms with Gasteiger partial charge in [0.25, 0.3) is 0 Å². The van der Waals surface area contributed by atoms with Crippen LogP contribution in [0.2, 0.25) is 0 Å². The van der Waals surface area contributed by atoms with E-state index >= 15 is 0 Å². The third-order valence-electron chi connectivity index (χ3n) is 6.38. The summed E-state index contributed by atoms with van der Waals surface area (Å²) in [5.41, 5.74) is 2.13. The smallest absolute Gasteiger partial charge is 0.188 e. The molecular formula is C23H30O4. The highest BCUT2D eigenvalue weighted by molar-refractivity contribution is 5.29. The maximum atomic E-state index is 12.6. The van der Waals surface area contributed by atoms with Gasteiger partial charge in [0.15, 0.2) is 5.43 Å². The number of rotatable bonds is 4. The molecule has 1 aromatic heterocycles. The van der Waals surface area contributed by atoms with E-state index in [1.165, 1.54) is 31.3 Å². The van der Waals surface area contributed by atoms with E-state index in [2.05, 4.69) is 12.2 Å². The number of ether oxygens (including phenoxy) is 1. The van der Waals surface area contributed by atoms with E-state index in [0.717, 1.165) is 43.1 Å². The Bertz CT molecular complexity index is 801. The highest BCUT2D eigenvalue weighted by atomic mass is 16.5. The van der Waals surface area contributed by atoms with E-state index in [0.29, 0.717) is 18.4 Å². The molecule has 0 spiro atoms. The lowest BCUT2D eigenvalue weighted by Crippen LogP contribution is -2.29. The summed E-state index contributed by atoms with van der Waals surface area (Å²) in [6.45, 7) is 2.64. The number of aliphatic hydroxyl groups is 1.